The molecule has 2 aliphatic heterocycles. The van der Waals surface area contributed by atoms with E-state index in [9.17, 15) is 25.3 Å². The first-order valence-electron chi connectivity index (χ1n) is 38.9. The number of sulfonamides is 3. The van der Waals surface area contributed by atoms with Crippen LogP contribution in [0, 0.1) is 7.43 Å². The summed E-state index contributed by atoms with van der Waals surface area (Å²) >= 11 is -6.31. The van der Waals surface area contributed by atoms with Gasteiger partial charge in [-0.25, -0.2) is 0 Å². The Morgan fingerprint density at radius 1 is 0.425 bits per heavy atom. The first-order chi connectivity index (χ1) is 50.2. The van der Waals surface area contributed by atoms with Crippen molar-refractivity contribution in [3.8, 4) is 17.2 Å². The smallest absolute Gasteiger partial charge is 0.358 e. The molecule has 8 fully saturated rings. The van der Waals surface area contributed by atoms with Crippen LogP contribution >= 0.6 is 74.0 Å². The Hall–Kier alpha value is 0.790. The van der Waals surface area contributed by atoms with Gasteiger partial charge in [0, 0.05) is 15.8 Å². The van der Waals surface area contributed by atoms with Crippen LogP contribution in [0.2, 0.25) is 0 Å². The molecule has 11 rings (SSSR count). The second kappa shape index (κ2) is 49.8. The molecule has 3 aromatic carbocycles. The van der Waals surface area contributed by atoms with Crippen molar-refractivity contribution >= 4 is 118 Å². The number of ether oxygens (including phenoxy) is 5. The molecular formula is C78H128Cl6N3O11P2Ru3S3+. The number of nitrogens with zero attached hydrogens (tertiary/aromatic N) is 3. The summed E-state index contributed by atoms with van der Waals surface area (Å²) < 4.78 is 112. The summed E-state index contributed by atoms with van der Waals surface area (Å²) in [5.41, 5.74) is 9.23. The van der Waals surface area contributed by atoms with Crippen LogP contribution in [0.25, 0.3) is 0 Å². The maximum absolute atomic E-state index is 12.8. The molecule has 106 heavy (non-hydrogen) atoms. The monoisotopic (exact) mass is 1960 g/mol. The third-order valence-electron chi connectivity index (χ3n) is 21.6. The molecule has 2 heterocycles. The van der Waals surface area contributed by atoms with E-state index in [1.807, 2.05) is 41.5 Å². The van der Waals surface area contributed by atoms with E-state index in [2.05, 4.69) is 0 Å². The zero-order valence-electron chi connectivity index (χ0n) is 64.6. The summed E-state index contributed by atoms with van der Waals surface area (Å²) in [6.45, 7) is 14.6. The van der Waals surface area contributed by atoms with Crippen LogP contribution in [-0.2, 0) is 80.1 Å². The maximum atomic E-state index is 12.8. The van der Waals surface area contributed by atoms with Gasteiger partial charge in [-0.3, -0.25) is 0 Å². The van der Waals surface area contributed by atoms with Gasteiger partial charge in [0.2, 0.25) is 0 Å². The van der Waals surface area contributed by atoms with Gasteiger partial charge in [-0.15, -0.1) is 0 Å². The van der Waals surface area contributed by atoms with Crippen molar-refractivity contribution in [3.05, 3.63) is 78.7 Å². The van der Waals surface area contributed by atoms with Gasteiger partial charge in [0.15, 0.2) is 0 Å². The van der Waals surface area contributed by atoms with Gasteiger partial charge >= 0.3 is 441 Å². The zero-order valence-corrected chi connectivity index (χ0v) is 78.8. The van der Waals surface area contributed by atoms with E-state index in [0.29, 0.717) is 86.5 Å². The Labute approximate surface area is 683 Å². The van der Waals surface area contributed by atoms with E-state index in [1.54, 1.807) is 255 Å². The van der Waals surface area contributed by atoms with Gasteiger partial charge in [-0.1, -0.05) is 38.5 Å². The molecule has 14 nitrogen and oxygen atoms in total. The first-order valence-corrected chi connectivity index (χ1v) is 63.1. The van der Waals surface area contributed by atoms with Crippen LogP contribution in [-0.4, -0.2) is 171 Å². The number of hydrogen-bond donors (Lipinski definition) is 0. The molecule has 28 heteroatoms. The van der Waals surface area contributed by atoms with E-state index < -0.39 is 70.6 Å². The molecular weight excluding hydrogens is 1830 g/mol. The molecule has 1 unspecified atom stereocenters. The Kier molecular flexibility index (Phi) is 44.9. The summed E-state index contributed by atoms with van der Waals surface area (Å²) in [5, 5.41) is 0. The van der Waals surface area contributed by atoms with Crippen molar-refractivity contribution in [2.24, 2.45) is 0 Å². The molecule has 8 aliphatic rings. The molecule has 614 valence electrons. The Bertz CT molecular complexity index is 3390. The second-order valence-corrected chi connectivity index (χ2v) is 60.1. The van der Waals surface area contributed by atoms with Gasteiger partial charge in [0.05, 0.1) is 34.0 Å². The standard InChI is InChI=1S/2C18H33P.C15H21NO4S.C14H19NO4S.C12H17NO3S.CH3.6ClH.3Ru/c2*1-4-10-16(11-5-1)19(17-12-6-2-7-13-17)18-14-8-3-9-15-18;1-4-13(3)20-15-6-5-14(11-12(15)2)21(17,18)16-7-9-19-10-8-16;1-11(2)19-14-5-4-13(10-12(14)3)20(16,17)15-6-8-18-9-7-15;1-9(2)16-12-7-6-11(8-10(12)3)17(14,15)13(4)5;;;;;;;;;;/h2*16-18H,1-15H2;2,5-6,11,13H,4,7-10H2,1,3H3;3-5,10-11H,6-9H2,1-2H3;3,6-9H,1-2,4-5H3;1H3;6*1H;;;/q;;;;;-1;;;;;;;3*+2/p-4. The number of rotatable bonds is 22. The zero-order chi connectivity index (χ0) is 76.1. The SMILES string of the molecule is C1CCC([PH+](C2CCCCC2)C2CCCCC2)CC1.C1CCC([PH+](C2CCCCC2)C2CCCCC2)CC1.CC(C)Oc1ccc(S(=O)(=O)N(C)C)cc1[CH]=[Ru]([Cl])[Cl].CC(C)Oc1ccc(S(=O)(=O)N2CCOCC2)cc1[CH]=[Ru]([Cl])[Cl].CCC(C)Oc1ccc(S(=O)(=O)N2CCOCC2)cc1[CH]=[Ru]([Cl])[Cl].[CH3-]. The van der Waals surface area contributed by atoms with Crippen molar-refractivity contribution in [1.82, 2.24) is 12.9 Å². The Morgan fingerprint density at radius 2 is 0.670 bits per heavy atom. The van der Waals surface area contributed by atoms with Crippen LogP contribution < -0.4 is 14.2 Å². The fourth-order valence-corrected chi connectivity index (χ4v) is 36.0. The maximum Gasteiger partial charge on any atom is -0.358 e. The minimum Gasteiger partial charge on any atom is -0.358 e. The van der Waals surface area contributed by atoms with Crippen LogP contribution in [0.5, 0.6) is 17.2 Å². The predicted octanol–water partition coefficient (Wildman–Crippen LogP) is 21.2. The molecule has 0 amide bonds. The third-order valence-corrected chi connectivity index (χ3v) is 41.8. The summed E-state index contributed by atoms with van der Waals surface area (Å²) in [5.74, 6) is 1.77. The number of morpholine rings is 2. The second-order valence-electron chi connectivity index (χ2n) is 30.0. The van der Waals surface area contributed by atoms with Crippen molar-refractivity contribution in [2.45, 2.75) is 308 Å². The van der Waals surface area contributed by atoms with E-state index in [-0.39, 0.29) is 56.3 Å². The van der Waals surface area contributed by atoms with Crippen LogP contribution in [0.1, 0.15) is 257 Å². The number of benzene rings is 3. The van der Waals surface area contributed by atoms with Crippen molar-refractivity contribution < 1.29 is 89.5 Å². The molecule has 0 spiro atoms. The van der Waals surface area contributed by atoms with Gasteiger partial charge < -0.3 is 7.43 Å². The largest absolute Gasteiger partial charge is 0.358 e. The summed E-state index contributed by atoms with van der Waals surface area (Å²) in [6, 6.07) is 14.3. The molecule has 6 saturated carbocycles. The number of halogens is 6. The van der Waals surface area contributed by atoms with Gasteiger partial charge in [-0.2, -0.15) is 0 Å². The average molecular weight is 1960 g/mol. The molecule has 6 aliphatic carbocycles. The summed E-state index contributed by atoms with van der Waals surface area (Å²) in [4.78, 5) is 0.620. The van der Waals surface area contributed by atoms with Crippen LogP contribution in [0.15, 0.2) is 69.3 Å². The van der Waals surface area contributed by atoms with Crippen LogP contribution in [0.3, 0.4) is 0 Å². The van der Waals surface area contributed by atoms with Gasteiger partial charge in [0.25, 0.3) is 0 Å². The summed E-state index contributed by atoms with van der Waals surface area (Å²) in [6.07, 6.45) is 48.4. The molecule has 0 bridgehead atoms. The van der Waals surface area contributed by atoms with Gasteiger partial charge in [0.1, 0.15) is 0 Å². The Balaban J connectivity index is 0.000000208. The van der Waals surface area contributed by atoms with Crippen molar-refractivity contribution in [2.75, 3.05) is 66.7 Å². The van der Waals surface area contributed by atoms with E-state index in [0.717, 1.165) is 10.7 Å². The molecule has 0 aromatic heterocycles. The molecule has 0 radical (unpaired) electrons. The number of hydrogen-bond acceptors (Lipinski definition) is 11. The molecule has 3 aromatic rings. The normalized spacial score (nSPS) is 20.6. The molecule has 0 N–H and O–H groups in total. The first kappa shape index (κ1) is 95.6. The van der Waals surface area contributed by atoms with Crippen molar-refractivity contribution in [3.63, 3.8) is 0 Å². The molecule has 1 atom stereocenters. The van der Waals surface area contributed by atoms with E-state index >= 15 is 0 Å². The Morgan fingerprint density at radius 3 is 0.906 bits per heavy atom. The molecule has 2 saturated heterocycles. The minimum absolute atomic E-state index is 0. The van der Waals surface area contributed by atoms with E-state index in [1.165, 1.54) is 62.7 Å². The quantitative estimate of drug-likeness (QED) is 0.0535. The predicted molar refractivity (Wildman–Crippen MR) is 446 cm³/mol. The average Bonchev–Trinajstić information content (AvgIpc) is 0.793. The topological polar surface area (TPSA) is 158 Å². The fraction of sp³-hybridized carbons (Fsp3) is 0.718. The minimum atomic E-state index is -3.56. The van der Waals surface area contributed by atoms with E-state index in [4.69, 9.17) is 81.8 Å². The van der Waals surface area contributed by atoms with Gasteiger partial charge in [-0.05, 0) is 154 Å². The third kappa shape index (κ3) is 31.3. The summed E-state index contributed by atoms with van der Waals surface area (Å²) in [7, 11) is 27.9. The van der Waals surface area contributed by atoms with Crippen LogP contribution in [0.4, 0.5) is 0 Å². The fourth-order valence-electron chi connectivity index (χ4n) is 16.4. The van der Waals surface area contributed by atoms with Crippen molar-refractivity contribution in [1.29, 1.82) is 0 Å².